The zero-order valence-electron chi connectivity index (χ0n) is 21.3. The first-order valence-electron chi connectivity index (χ1n) is 13.6. The summed E-state index contributed by atoms with van der Waals surface area (Å²) in [7, 11) is 0. The van der Waals surface area contributed by atoms with Gasteiger partial charge in [-0.25, -0.2) is 26.7 Å². The summed E-state index contributed by atoms with van der Waals surface area (Å²) in [5.74, 6) is -6.79. The minimum absolute atomic E-state index is 0.00935. The van der Waals surface area contributed by atoms with Crippen LogP contribution >= 0.6 is 0 Å². The second-order valence-electron chi connectivity index (χ2n) is 10.9. The molecule has 0 aliphatic heterocycles. The Morgan fingerprint density at radius 2 is 1.16 bits per heavy atom. The van der Waals surface area contributed by atoms with Crippen LogP contribution in [0.15, 0.2) is 24.3 Å². The highest BCUT2D eigenvalue weighted by molar-refractivity contribution is 5.91. The standard InChI is InChI=1S/C30H35F5O2/c1-2-3-18-4-6-19(7-5-18)8-9-20-10-12-21(13-11-20)22-14-24(31)28(25(32)15-22)30(36)37-23-16-26(33)29(35)27(34)17-23/h14-21H,2-13H2,1H3. The summed E-state index contributed by atoms with van der Waals surface area (Å²) in [6.07, 6.45) is 14.3. The molecule has 0 unspecified atom stereocenters. The number of halogens is 5. The van der Waals surface area contributed by atoms with E-state index in [9.17, 15) is 26.7 Å². The summed E-state index contributed by atoms with van der Waals surface area (Å²) in [6, 6.07) is 3.17. The molecule has 2 aromatic carbocycles. The average Bonchev–Trinajstić information content (AvgIpc) is 2.87. The fourth-order valence-electron chi connectivity index (χ4n) is 6.25. The lowest BCUT2D eigenvalue weighted by Crippen LogP contribution is -2.18. The molecule has 2 nitrogen and oxygen atoms in total. The van der Waals surface area contributed by atoms with Gasteiger partial charge in [-0.05, 0) is 67.1 Å². The minimum Gasteiger partial charge on any atom is -0.423 e. The third-order valence-corrected chi connectivity index (χ3v) is 8.40. The van der Waals surface area contributed by atoms with Crippen molar-refractivity contribution in [3.63, 3.8) is 0 Å². The van der Waals surface area contributed by atoms with E-state index in [1.807, 2.05) is 0 Å². The van der Waals surface area contributed by atoms with E-state index in [0.717, 1.165) is 49.7 Å². The number of benzene rings is 2. The van der Waals surface area contributed by atoms with Gasteiger partial charge in [0.25, 0.3) is 0 Å². The first-order chi connectivity index (χ1) is 17.7. The number of ether oxygens (including phenoxy) is 1. The molecule has 2 aliphatic rings. The highest BCUT2D eigenvalue weighted by Gasteiger charge is 2.28. The van der Waals surface area contributed by atoms with Gasteiger partial charge < -0.3 is 4.74 Å². The maximum absolute atomic E-state index is 14.8. The Morgan fingerprint density at radius 3 is 1.65 bits per heavy atom. The average molecular weight is 523 g/mol. The van der Waals surface area contributed by atoms with Gasteiger partial charge in [-0.2, -0.15) is 0 Å². The Morgan fingerprint density at radius 1 is 0.703 bits per heavy atom. The van der Waals surface area contributed by atoms with Crippen molar-refractivity contribution in [2.75, 3.05) is 0 Å². The van der Waals surface area contributed by atoms with Crippen LogP contribution < -0.4 is 4.74 Å². The molecular formula is C30H35F5O2. The van der Waals surface area contributed by atoms with Crippen LogP contribution in [0, 0.1) is 46.8 Å². The zero-order chi connectivity index (χ0) is 26.5. The van der Waals surface area contributed by atoms with Crippen molar-refractivity contribution in [3.8, 4) is 5.75 Å². The molecule has 202 valence electrons. The van der Waals surface area contributed by atoms with Crippen molar-refractivity contribution < 1.29 is 31.5 Å². The predicted molar refractivity (Wildman–Crippen MR) is 132 cm³/mol. The highest BCUT2D eigenvalue weighted by Crippen LogP contribution is 2.41. The van der Waals surface area contributed by atoms with Crippen LogP contribution in [-0.4, -0.2) is 5.97 Å². The first kappa shape index (κ1) is 27.6. The number of rotatable bonds is 8. The van der Waals surface area contributed by atoms with Crippen molar-refractivity contribution in [1.82, 2.24) is 0 Å². The van der Waals surface area contributed by atoms with Crippen molar-refractivity contribution in [2.45, 2.75) is 89.9 Å². The smallest absolute Gasteiger partial charge is 0.349 e. The molecule has 0 amide bonds. The summed E-state index contributed by atoms with van der Waals surface area (Å²) < 4.78 is 74.1. The maximum Gasteiger partial charge on any atom is 0.349 e. The van der Waals surface area contributed by atoms with Gasteiger partial charge in [0, 0.05) is 12.1 Å². The first-order valence-corrected chi connectivity index (χ1v) is 13.6. The van der Waals surface area contributed by atoms with Crippen molar-refractivity contribution in [3.05, 3.63) is 64.5 Å². The molecule has 2 fully saturated rings. The molecule has 37 heavy (non-hydrogen) atoms. The quantitative estimate of drug-likeness (QED) is 0.149. The Balaban J connectivity index is 1.30. The van der Waals surface area contributed by atoms with Crippen LogP contribution in [0.3, 0.4) is 0 Å². The van der Waals surface area contributed by atoms with Gasteiger partial charge in [0.05, 0.1) is 0 Å². The molecule has 0 spiro atoms. The number of carbonyl (C=O) groups excluding carboxylic acids is 1. The van der Waals surface area contributed by atoms with E-state index in [4.69, 9.17) is 4.74 Å². The lowest BCUT2D eigenvalue weighted by atomic mass is 9.74. The number of carbonyl (C=O) groups is 1. The molecule has 0 radical (unpaired) electrons. The molecule has 0 atom stereocenters. The predicted octanol–water partition coefficient (Wildman–Crippen LogP) is 9.26. The van der Waals surface area contributed by atoms with Crippen molar-refractivity contribution >= 4 is 5.97 Å². The minimum atomic E-state index is -1.73. The molecular weight excluding hydrogens is 487 g/mol. The van der Waals surface area contributed by atoms with Gasteiger partial charge >= 0.3 is 5.97 Å². The topological polar surface area (TPSA) is 26.3 Å². The normalized spacial score (nSPS) is 24.2. The monoisotopic (exact) mass is 522 g/mol. The Hall–Kier alpha value is -2.44. The molecule has 0 heterocycles. The molecule has 0 N–H and O–H groups in total. The van der Waals surface area contributed by atoms with Crippen LogP contribution in [0.2, 0.25) is 0 Å². The fourth-order valence-corrected chi connectivity index (χ4v) is 6.25. The Bertz CT molecular complexity index is 1040. The molecule has 7 heteroatoms. The van der Waals surface area contributed by atoms with Gasteiger partial charge in [-0.1, -0.05) is 58.3 Å². The largest absolute Gasteiger partial charge is 0.423 e. The molecule has 0 aromatic heterocycles. The highest BCUT2D eigenvalue weighted by atomic mass is 19.2. The fraction of sp³-hybridized carbons (Fsp3) is 0.567. The lowest BCUT2D eigenvalue weighted by molar-refractivity contribution is 0.0723. The van der Waals surface area contributed by atoms with Crippen LogP contribution in [-0.2, 0) is 0 Å². The van der Waals surface area contributed by atoms with Gasteiger partial charge in [-0.15, -0.1) is 0 Å². The van der Waals surface area contributed by atoms with Crippen LogP contribution in [0.4, 0.5) is 22.0 Å². The maximum atomic E-state index is 14.8. The molecule has 2 aliphatic carbocycles. The van der Waals surface area contributed by atoms with Gasteiger partial charge in [0.1, 0.15) is 22.9 Å². The van der Waals surface area contributed by atoms with Gasteiger partial charge in [0.15, 0.2) is 17.5 Å². The van der Waals surface area contributed by atoms with Crippen LogP contribution in [0.5, 0.6) is 5.75 Å². The zero-order valence-corrected chi connectivity index (χ0v) is 21.3. The second-order valence-corrected chi connectivity index (χ2v) is 10.9. The number of hydrogen-bond acceptors (Lipinski definition) is 2. The Labute approximate surface area is 215 Å². The van der Waals surface area contributed by atoms with Crippen LogP contribution in [0.1, 0.15) is 106 Å². The lowest BCUT2D eigenvalue weighted by Gasteiger charge is -2.32. The molecule has 4 rings (SSSR count). The molecule has 2 aromatic rings. The summed E-state index contributed by atoms with van der Waals surface area (Å²) in [6.45, 7) is 2.26. The van der Waals surface area contributed by atoms with Crippen molar-refractivity contribution in [1.29, 1.82) is 0 Å². The van der Waals surface area contributed by atoms with E-state index in [0.29, 0.717) is 23.6 Å². The van der Waals surface area contributed by atoms with Crippen molar-refractivity contribution in [2.24, 2.45) is 17.8 Å². The number of hydrogen-bond donors (Lipinski definition) is 0. The van der Waals surface area contributed by atoms with E-state index >= 15 is 0 Å². The molecule has 0 bridgehead atoms. The summed E-state index contributed by atoms with van der Waals surface area (Å²) in [5, 5.41) is 0. The number of esters is 1. The van der Waals surface area contributed by atoms with E-state index in [1.165, 1.54) is 51.4 Å². The molecule has 0 saturated heterocycles. The van der Waals surface area contributed by atoms with Gasteiger partial charge in [-0.3, -0.25) is 0 Å². The SMILES string of the molecule is CCCC1CCC(CCC2CCC(c3cc(F)c(C(=O)Oc4cc(F)c(F)c(F)c4)c(F)c3)CC2)CC1. The third kappa shape index (κ3) is 6.91. The van der Waals surface area contributed by atoms with E-state index in [2.05, 4.69) is 6.92 Å². The van der Waals surface area contributed by atoms with E-state index in [1.54, 1.807) is 0 Å². The summed E-state index contributed by atoms with van der Waals surface area (Å²) in [5.41, 5.74) is -0.450. The van der Waals surface area contributed by atoms with Crippen LogP contribution in [0.25, 0.3) is 0 Å². The van der Waals surface area contributed by atoms with E-state index < -0.39 is 46.4 Å². The van der Waals surface area contributed by atoms with E-state index in [-0.39, 0.29) is 5.92 Å². The summed E-state index contributed by atoms with van der Waals surface area (Å²) >= 11 is 0. The third-order valence-electron chi connectivity index (χ3n) is 8.40. The summed E-state index contributed by atoms with van der Waals surface area (Å²) in [4.78, 5) is 12.3. The van der Waals surface area contributed by atoms with Gasteiger partial charge in [0.2, 0.25) is 0 Å². The Kier molecular flexibility index (Phi) is 9.25. The molecule has 2 saturated carbocycles. The second kappa shape index (κ2) is 12.4.